The fourth-order valence-corrected chi connectivity index (χ4v) is 4.96. The molecular weight excluding hydrogens is 432 g/mol. The molecule has 0 atom stereocenters. The minimum Gasteiger partial charge on any atom is -0.497 e. The van der Waals surface area contributed by atoms with Crippen LogP contribution in [-0.4, -0.2) is 47.4 Å². The third kappa shape index (κ3) is 4.26. The Balaban J connectivity index is 2.24. The van der Waals surface area contributed by atoms with Gasteiger partial charge in [-0.3, -0.25) is 4.79 Å². The molecule has 0 N–H and O–H groups in total. The fourth-order valence-electron chi connectivity index (χ4n) is 2.72. The predicted molar refractivity (Wildman–Crippen MR) is 111 cm³/mol. The molecule has 0 radical (unpaired) electrons. The van der Waals surface area contributed by atoms with E-state index in [0.29, 0.717) is 27.5 Å². The van der Waals surface area contributed by atoms with Crippen molar-refractivity contribution in [3.05, 3.63) is 41.2 Å². The quantitative estimate of drug-likeness (QED) is 0.506. The molecule has 0 spiro atoms. The third-order valence-corrected chi connectivity index (χ3v) is 6.70. The van der Waals surface area contributed by atoms with Crippen LogP contribution in [0, 0.1) is 0 Å². The summed E-state index contributed by atoms with van der Waals surface area (Å²) < 4.78 is 52.3. The summed E-state index contributed by atoms with van der Waals surface area (Å²) >= 11 is 1.10. The minimum atomic E-state index is -4.04. The number of hydrogen-bond donors (Lipinski definition) is 0. The van der Waals surface area contributed by atoms with Gasteiger partial charge in [0, 0.05) is 12.1 Å². The van der Waals surface area contributed by atoms with Crippen molar-refractivity contribution in [1.29, 1.82) is 0 Å². The summed E-state index contributed by atoms with van der Waals surface area (Å²) in [5.74, 6) is 0.885. The van der Waals surface area contributed by atoms with E-state index in [2.05, 4.69) is 4.40 Å². The molecule has 2 aromatic carbocycles. The van der Waals surface area contributed by atoms with Crippen LogP contribution in [-0.2, 0) is 26.1 Å². The van der Waals surface area contributed by atoms with Crippen LogP contribution in [0.1, 0.15) is 0 Å². The van der Waals surface area contributed by atoms with E-state index in [1.54, 1.807) is 12.1 Å². The van der Waals surface area contributed by atoms with Gasteiger partial charge in [0.15, 0.2) is 11.5 Å². The van der Waals surface area contributed by atoms with Gasteiger partial charge in [0.2, 0.25) is 4.80 Å². The zero-order valence-corrected chi connectivity index (χ0v) is 18.4. The first-order valence-electron chi connectivity index (χ1n) is 8.60. The second kappa shape index (κ2) is 8.76. The third-order valence-electron chi connectivity index (χ3n) is 4.26. The number of methoxy groups -OCH3 is 4. The number of carbonyl (C=O) groups excluding carboxylic acids is 1. The summed E-state index contributed by atoms with van der Waals surface area (Å²) in [7, 11) is 1.69. The lowest BCUT2D eigenvalue weighted by Crippen LogP contribution is -2.22. The average molecular weight is 453 g/mol. The van der Waals surface area contributed by atoms with Gasteiger partial charge in [-0.2, -0.15) is 8.42 Å². The van der Waals surface area contributed by atoms with E-state index in [1.165, 1.54) is 57.3 Å². The van der Waals surface area contributed by atoms with Crippen molar-refractivity contribution in [2.45, 2.75) is 11.4 Å². The summed E-state index contributed by atoms with van der Waals surface area (Å²) in [6.45, 7) is -0.219. The van der Waals surface area contributed by atoms with Crippen LogP contribution in [0.4, 0.5) is 0 Å². The average Bonchev–Trinajstić information content (AvgIpc) is 3.07. The van der Waals surface area contributed by atoms with Crippen LogP contribution in [0.25, 0.3) is 10.2 Å². The summed E-state index contributed by atoms with van der Waals surface area (Å²) in [5.41, 5.74) is 0.562. The molecule has 0 saturated carbocycles. The number of esters is 1. The maximum Gasteiger partial charge on any atom is 0.325 e. The maximum atomic E-state index is 12.9. The lowest BCUT2D eigenvalue weighted by Gasteiger charge is -2.09. The molecule has 11 heteroatoms. The number of benzene rings is 2. The van der Waals surface area contributed by atoms with Crippen LogP contribution < -0.4 is 19.0 Å². The lowest BCUT2D eigenvalue weighted by atomic mass is 10.3. The van der Waals surface area contributed by atoms with Crippen LogP contribution in [0.5, 0.6) is 17.2 Å². The SMILES string of the molecule is COC(=O)Cn1c(=NS(=O)(=O)c2ccc(OC)cc2)sc2cc(OC)c(OC)cc21. The summed E-state index contributed by atoms with van der Waals surface area (Å²) in [6, 6.07) is 9.23. The van der Waals surface area contributed by atoms with Crippen LogP contribution >= 0.6 is 11.3 Å². The van der Waals surface area contributed by atoms with Crippen LogP contribution in [0.3, 0.4) is 0 Å². The zero-order valence-electron chi connectivity index (χ0n) is 16.7. The van der Waals surface area contributed by atoms with Crippen molar-refractivity contribution < 1.29 is 32.2 Å². The Kier molecular flexibility index (Phi) is 6.32. The number of rotatable bonds is 7. The van der Waals surface area contributed by atoms with Crippen molar-refractivity contribution >= 4 is 37.5 Å². The highest BCUT2D eigenvalue weighted by Crippen LogP contribution is 2.33. The van der Waals surface area contributed by atoms with Crippen molar-refractivity contribution in [2.75, 3.05) is 28.4 Å². The molecule has 0 aliphatic carbocycles. The van der Waals surface area contributed by atoms with Gasteiger partial charge in [-0.15, -0.1) is 4.40 Å². The van der Waals surface area contributed by atoms with E-state index in [9.17, 15) is 13.2 Å². The Morgan fingerprint density at radius 2 is 1.63 bits per heavy atom. The standard InChI is InChI=1S/C19H20N2O7S2/c1-25-12-5-7-13(8-6-12)30(23,24)20-19-21(11-18(22)28-4)14-9-15(26-2)16(27-3)10-17(14)29-19/h5-10H,11H2,1-4H3. The highest BCUT2D eigenvalue weighted by atomic mass is 32.2. The Bertz CT molecular complexity index is 1240. The number of nitrogens with zero attached hydrogens (tertiary/aromatic N) is 2. The number of ether oxygens (including phenoxy) is 4. The first-order valence-corrected chi connectivity index (χ1v) is 10.9. The molecule has 3 rings (SSSR count). The maximum absolute atomic E-state index is 12.9. The van der Waals surface area contributed by atoms with Gasteiger partial charge in [0.05, 0.1) is 43.6 Å². The number of fused-ring (bicyclic) bond motifs is 1. The Hall–Kier alpha value is -3.05. The zero-order chi connectivity index (χ0) is 21.9. The van der Waals surface area contributed by atoms with Crippen molar-refractivity contribution in [1.82, 2.24) is 4.57 Å². The van der Waals surface area contributed by atoms with Crippen LogP contribution in [0.2, 0.25) is 0 Å². The van der Waals surface area contributed by atoms with E-state index in [1.807, 2.05) is 0 Å². The molecule has 30 heavy (non-hydrogen) atoms. The van der Waals surface area contributed by atoms with Gasteiger partial charge in [-0.05, 0) is 24.3 Å². The van der Waals surface area contributed by atoms with Crippen molar-refractivity contribution in [3.8, 4) is 17.2 Å². The highest BCUT2D eigenvalue weighted by molar-refractivity contribution is 7.90. The van der Waals surface area contributed by atoms with E-state index >= 15 is 0 Å². The molecule has 0 bridgehead atoms. The Labute approximate surface area is 177 Å². The summed E-state index contributed by atoms with van der Waals surface area (Å²) in [5, 5.41) is 0. The van der Waals surface area contributed by atoms with Crippen molar-refractivity contribution in [2.24, 2.45) is 4.40 Å². The van der Waals surface area contributed by atoms with Gasteiger partial charge in [0.25, 0.3) is 10.0 Å². The molecule has 0 aliphatic rings. The van der Waals surface area contributed by atoms with E-state index in [0.717, 1.165) is 11.3 Å². The molecule has 1 heterocycles. The molecular formula is C19H20N2O7S2. The van der Waals surface area contributed by atoms with Crippen LogP contribution in [0.15, 0.2) is 45.7 Å². The number of carbonyl (C=O) groups is 1. The molecule has 9 nitrogen and oxygen atoms in total. The number of aromatic nitrogens is 1. The molecule has 3 aromatic rings. The normalized spacial score (nSPS) is 12.1. The molecule has 0 aliphatic heterocycles. The van der Waals surface area contributed by atoms with Gasteiger partial charge in [0.1, 0.15) is 12.3 Å². The molecule has 0 unspecified atom stereocenters. The minimum absolute atomic E-state index is 0.000496. The van der Waals surface area contributed by atoms with Gasteiger partial charge in [-0.1, -0.05) is 11.3 Å². The second-order valence-corrected chi connectivity index (χ2v) is 8.58. The van der Waals surface area contributed by atoms with Gasteiger partial charge >= 0.3 is 5.97 Å². The highest BCUT2D eigenvalue weighted by Gasteiger charge is 2.18. The number of thiazole rings is 1. The number of hydrogen-bond acceptors (Lipinski definition) is 8. The Morgan fingerprint density at radius 3 is 2.20 bits per heavy atom. The molecule has 0 fully saturated rings. The van der Waals surface area contributed by atoms with E-state index in [-0.39, 0.29) is 16.2 Å². The summed E-state index contributed by atoms with van der Waals surface area (Å²) in [4.78, 5) is 12.1. The monoisotopic (exact) mass is 452 g/mol. The Morgan fingerprint density at radius 1 is 1.00 bits per heavy atom. The topological polar surface area (TPSA) is 105 Å². The fraction of sp³-hybridized carbons (Fsp3) is 0.263. The number of sulfonamides is 1. The van der Waals surface area contributed by atoms with E-state index in [4.69, 9.17) is 18.9 Å². The largest absolute Gasteiger partial charge is 0.497 e. The lowest BCUT2D eigenvalue weighted by molar-refractivity contribution is -0.141. The molecule has 1 aromatic heterocycles. The first-order chi connectivity index (χ1) is 14.3. The van der Waals surface area contributed by atoms with Crippen molar-refractivity contribution in [3.63, 3.8) is 0 Å². The molecule has 0 amide bonds. The molecule has 0 saturated heterocycles. The second-order valence-electron chi connectivity index (χ2n) is 5.96. The van der Waals surface area contributed by atoms with Gasteiger partial charge in [-0.25, -0.2) is 0 Å². The smallest absolute Gasteiger partial charge is 0.325 e. The van der Waals surface area contributed by atoms with E-state index < -0.39 is 16.0 Å². The summed E-state index contributed by atoms with van der Waals surface area (Å²) in [6.07, 6.45) is 0. The molecule has 160 valence electrons. The predicted octanol–water partition coefficient (Wildman–Crippen LogP) is 2.19. The first kappa shape index (κ1) is 21.7. The van der Waals surface area contributed by atoms with Gasteiger partial charge < -0.3 is 23.5 Å².